The van der Waals surface area contributed by atoms with Crippen molar-refractivity contribution in [3.63, 3.8) is 0 Å². The molecular formula is C16H20N2O3. The van der Waals surface area contributed by atoms with Crippen molar-refractivity contribution >= 4 is 11.8 Å². The zero-order valence-corrected chi connectivity index (χ0v) is 12.0. The molecule has 0 saturated carbocycles. The molecule has 0 aromatic heterocycles. The van der Waals surface area contributed by atoms with Gasteiger partial charge < -0.3 is 15.0 Å². The molecule has 1 aromatic carbocycles. The van der Waals surface area contributed by atoms with Gasteiger partial charge in [-0.15, -0.1) is 0 Å². The van der Waals surface area contributed by atoms with Crippen LogP contribution in [-0.2, 0) is 14.3 Å². The van der Waals surface area contributed by atoms with Crippen LogP contribution in [0.25, 0.3) is 0 Å². The summed E-state index contributed by atoms with van der Waals surface area (Å²) in [5.74, 6) is -0.632. The summed E-state index contributed by atoms with van der Waals surface area (Å²) < 4.78 is 5.27. The van der Waals surface area contributed by atoms with Gasteiger partial charge in [0.05, 0.1) is 19.1 Å². The third kappa shape index (κ3) is 4.16. The second kappa shape index (κ2) is 7.59. The zero-order valence-electron chi connectivity index (χ0n) is 12.0. The van der Waals surface area contributed by atoms with Gasteiger partial charge >= 0.3 is 0 Å². The van der Waals surface area contributed by atoms with Crippen molar-refractivity contribution in [1.29, 1.82) is 0 Å². The van der Waals surface area contributed by atoms with Crippen LogP contribution in [0, 0.1) is 0 Å². The Hall–Kier alpha value is -2.14. The molecule has 0 bridgehead atoms. The van der Waals surface area contributed by atoms with Crippen LogP contribution in [0.1, 0.15) is 11.5 Å². The topological polar surface area (TPSA) is 58.6 Å². The van der Waals surface area contributed by atoms with E-state index >= 15 is 0 Å². The lowest BCUT2D eigenvalue weighted by Crippen LogP contribution is -2.45. The Morgan fingerprint density at radius 2 is 1.95 bits per heavy atom. The lowest BCUT2D eigenvalue weighted by Gasteiger charge is -2.30. The van der Waals surface area contributed by atoms with E-state index in [4.69, 9.17) is 4.74 Å². The van der Waals surface area contributed by atoms with Gasteiger partial charge in [0.15, 0.2) is 0 Å². The Labute approximate surface area is 124 Å². The monoisotopic (exact) mass is 288 g/mol. The average Bonchev–Trinajstić information content (AvgIpc) is 2.56. The van der Waals surface area contributed by atoms with E-state index in [-0.39, 0.29) is 24.3 Å². The summed E-state index contributed by atoms with van der Waals surface area (Å²) in [6, 6.07) is 9.50. The third-order valence-electron chi connectivity index (χ3n) is 3.49. The Morgan fingerprint density at radius 3 is 2.57 bits per heavy atom. The number of carbonyl (C=O) groups excluding carboxylic acids is 2. The van der Waals surface area contributed by atoms with Crippen LogP contribution in [0.5, 0.6) is 0 Å². The van der Waals surface area contributed by atoms with Gasteiger partial charge in [0.2, 0.25) is 11.8 Å². The normalized spacial score (nSPS) is 16.1. The molecule has 1 aliphatic rings. The molecule has 1 atom stereocenters. The Kier molecular flexibility index (Phi) is 5.51. The number of ether oxygens (including phenoxy) is 1. The molecule has 1 fully saturated rings. The highest BCUT2D eigenvalue weighted by Crippen LogP contribution is 2.18. The molecule has 2 amide bonds. The number of nitrogens with zero attached hydrogens (tertiary/aromatic N) is 1. The van der Waals surface area contributed by atoms with Crippen LogP contribution in [-0.4, -0.2) is 49.6 Å². The number of nitrogens with one attached hydrogen (secondary N) is 1. The molecule has 1 aromatic rings. The highest BCUT2D eigenvalue weighted by molar-refractivity contribution is 5.88. The summed E-state index contributed by atoms with van der Waals surface area (Å²) in [6.07, 6.45) is 1.21. The predicted octanol–water partition coefficient (Wildman–Crippen LogP) is 0.931. The number of carbonyl (C=O) groups is 2. The van der Waals surface area contributed by atoms with Gasteiger partial charge in [-0.2, -0.15) is 0 Å². The van der Waals surface area contributed by atoms with Gasteiger partial charge in [0.25, 0.3) is 0 Å². The number of amides is 2. The third-order valence-corrected chi connectivity index (χ3v) is 3.49. The maximum atomic E-state index is 12.7. The van der Waals surface area contributed by atoms with E-state index in [0.29, 0.717) is 26.3 Å². The molecule has 1 saturated heterocycles. The van der Waals surface area contributed by atoms with Crippen LogP contribution in [0.4, 0.5) is 0 Å². The molecule has 1 heterocycles. The summed E-state index contributed by atoms with van der Waals surface area (Å²) in [5.41, 5.74) is 0.901. The number of hydrogen-bond acceptors (Lipinski definition) is 3. The van der Waals surface area contributed by atoms with Crippen LogP contribution in [0.2, 0.25) is 0 Å². The van der Waals surface area contributed by atoms with Crippen LogP contribution in [0.3, 0.4) is 0 Å². The average molecular weight is 288 g/mol. The number of hydrogen-bond donors (Lipinski definition) is 1. The number of rotatable bonds is 5. The molecule has 0 aliphatic carbocycles. The maximum absolute atomic E-state index is 12.7. The van der Waals surface area contributed by atoms with Crippen molar-refractivity contribution < 1.29 is 14.3 Å². The van der Waals surface area contributed by atoms with E-state index in [9.17, 15) is 9.59 Å². The summed E-state index contributed by atoms with van der Waals surface area (Å²) in [4.78, 5) is 25.9. The SMILES string of the molecule is C=CC(=O)NCC(C(=O)N1CCOCC1)c1ccccc1. The summed E-state index contributed by atoms with van der Waals surface area (Å²) in [7, 11) is 0. The fourth-order valence-electron chi connectivity index (χ4n) is 2.31. The Balaban J connectivity index is 2.12. The van der Waals surface area contributed by atoms with Gasteiger partial charge in [-0.1, -0.05) is 36.9 Å². The van der Waals surface area contributed by atoms with E-state index in [1.807, 2.05) is 30.3 Å². The smallest absolute Gasteiger partial charge is 0.243 e. The van der Waals surface area contributed by atoms with Gasteiger partial charge in [-0.05, 0) is 11.6 Å². The molecule has 5 nitrogen and oxygen atoms in total. The highest BCUT2D eigenvalue weighted by atomic mass is 16.5. The number of morpholine rings is 1. The molecule has 0 radical (unpaired) electrons. The van der Waals surface area contributed by atoms with Crippen molar-refractivity contribution in [2.24, 2.45) is 0 Å². The lowest BCUT2D eigenvalue weighted by molar-refractivity contribution is -0.136. The number of benzene rings is 1. The molecule has 2 rings (SSSR count). The fraction of sp³-hybridized carbons (Fsp3) is 0.375. The molecule has 1 N–H and O–H groups in total. The largest absolute Gasteiger partial charge is 0.378 e. The second-order valence-electron chi connectivity index (χ2n) is 4.85. The first-order chi connectivity index (χ1) is 10.2. The quantitative estimate of drug-likeness (QED) is 0.820. The van der Waals surface area contributed by atoms with Crippen molar-refractivity contribution in [3.05, 3.63) is 48.6 Å². The van der Waals surface area contributed by atoms with Crippen LogP contribution in [0.15, 0.2) is 43.0 Å². The Bertz CT molecular complexity index is 496. The van der Waals surface area contributed by atoms with E-state index < -0.39 is 0 Å². The van der Waals surface area contributed by atoms with Crippen LogP contribution < -0.4 is 5.32 Å². The van der Waals surface area contributed by atoms with Crippen molar-refractivity contribution in [2.45, 2.75) is 5.92 Å². The van der Waals surface area contributed by atoms with Crippen molar-refractivity contribution in [3.8, 4) is 0 Å². The fourth-order valence-corrected chi connectivity index (χ4v) is 2.31. The summed E-state index contributed by atoms with van der Waals surface area (Å²) >= 11 is 0. The maximum Gasteiger partial charge on any atom is 0.243 e. The molecule has 112 valence electrons. The van der Waals surface area contributed by atoms with Crippen LogP contribution >= 0.6 is 0 Å². The van der Waals surface area contributed by atoms with E-state index in [2.05, 4.69) is 11.9 Å². The van der Waals surface area contributed by atoms with Crippen molar-refractivity contribution in [1.82, 2.24) is 10.2 Å². The summed E-state index contributed by atoms with van der Waals surface area (Å²) in [5, 5.41) is 2.72. The molecule has 1 unspecified atom stereocenters. The first-order valence-corrected chi connectivity index (χ1v) is 7.04. The standard InChI is InChI=1S/C16H20N2O3/c1-2-15(19)17-12-14(13-6-4-3-5-7-13)16(20)18-8-10-21-11-9-18/h2-7,14H,1,8-12H2,(H,17,19). The van der Waals surface area contributed by atoms with Gasteiger partial charge in [0.1, 0.15) is 0 Å². The predicted molar refractivity (Wildman–Crippen MR) is 79.8 cm³/mol. The molecule has 21 heavy (non-hydrogen) atoms. The first kappa shape index (κ1) is 15.3. The minimum atomic E-state index is -0.381. The van der Waals surface area contributed by atoms with E-state index in [0.717, 1.165) is 5.56 Å². The van der Waals surface area contributed by atoms with E-state index in [1.54, 1.807) is 4.90 Å². The Morgan fingerprint density at radius 1 is 1.29 bits per heavy atom. The highest BCUT2D eigenvalue weighted by Gasteiger charge is 2.27. The second-order valence-corrected chi connectivity index (χ2v) is 4.85. The molecule has 1 aliphatic heterocycles. The molecule has 5 heteroatoms. The zero-order chi connectivity index (χ0) is 15.1. The first-order valence-electron chi connectivity index (χ1n) is 7.04. The van der Waals surface area contributed by atoms with Gasteiger partial charge in [-0.25, -0.2) is 0 Å². The van der Waals surface area contributed by atoms with Gasteiger partial charge in [0, 0.05) is 19.6 Å². The molecular weight excluding hydrogens is 268 g/mol. The molecule has 0 spiro atoms. The van der Waals surface area contributed by atoms with Crippen molar-refractivity contribution in [2.75, 3.05) is 32.8 Å². The minimum absolute atomic E-state index is 0.0221. The lowest BCUT2D eigenvalue weighted by atomic mass is 9.97. The summed E-state index contributed by atoms with van der Waals surface area (Å²) in [6.45, 7) is 6.00. The van der Waals surface area contributed by atoms with Gasteiger partial charge in [-0.3, -0.25) is 9.59 Å². The minimum Gasteiger partial charge on any atom is -0.378 e. The van der Waals surface area contributed by atoms with E-state index in [1.165, 1.54) is 6.08 Å².